The standard InChI is InChI=1S/C11H10Cl2/c12-10-8-5-6-3-1-2-4-7(6)9(8)11(10)13/h1-4,8-11H,5H2/t8-,9-,10-,11+/m0/s1. The maximum Gasteiger partial charge on any atom is 0.0574 e. The molecule has 1 aromatic carbocycles. The Hall–Kier alpha value is -0.200. The maximum atomic E-state index is 6.20. The largest absolute Gasteiger partial charge is 0.121 e. The average molecular weight is 213 g/mol. The van der Waals surface area contributed by atoms with Crippen molar-refractivity contribution >= 4 is 23.2 Å². The molecule has 2 aliphatic carbocycles. The molecule has 0 amide bonds. The van der Waals surface area contributed by atoms with Crippen LogP contribution in [-0.4, -0.2) is 10.8 Å². The smallest absolute Gasteiger partial charge is 0.0574 e. The van der Waals surface area contributed by atoms with Crippen molar-refractivity contribution in [3.8, 4) is 0 Å². The van der Waals surface area contributed by atoms with Gasteiger partial charge in [0.2, 0.25) is 0 Å². The SMILES string of the molecule is Cl[C@@H]1[C@H](Cl)[C@H]2c3ccccc3C[C@H]12. The fourth-order valence-electron chi connectivity index (χ4n) is 2.66. The first-order valence-electron chi connectivity index (χ1n) is 4.65. The number of benzene rings is 1. The second-order valence-electron chi connectivity index (χ2n) is 3.98. The van der Waals surface area contributed by atoms with Gasteiger partial charge in [0.25, 0.3) is 0 Å². The van der Waals surface area contributed by atoms with Crippen LogP contribution in [0.4, 0.5) is 0 Å². The van der Waals surface area contributed by atoms with E-state index in [0.717, 1.165) is 6.42 Å². The average Bonchev–Trinajstić information content (AvgIpc) is 2.52. The van der Waals surface area contributed by atoms with Crippen molar-refractivity contribution in [2.24, 2.45) is 5.92 Å². The second-order valence-corrected chi connectivity index (χ2v) is 4.99. The maximum absolute atomic E-state index is 6.20. The molecule has 0 bridgehead atoms. The molecule has 0 heterocycles. The Kier molecular flexibility index (Phi) is 1.66. The molecule has 0 radical (unpaired) electrons. The van der Waals surface area contributed by atoms with Gasteiger partial charge < -0.3 is 0 Å². The normalized spacial score (nSPS) is 40.8. The van der Waals surface area contributed by atoms with Crippen LogP contribution < -0.4 is 0 Å². The van der Waals surface area contributed by atoms with Crippen molar-refractivity contribution in [3.63, 3.8) is 0 Å². The molecule has 0 unspecified atom stereocenters. The van der Waals surface area contributed by atoms with Gasteiger partial charge in [-0.2, -0.15) is 0 Å². The molecule has 4 atom stereocenters. The summed E-state index contributed by atoms with van der Waals surface area (Å²) in [5, 5.41) is 0.328. The molecule has 0 nitrogen and oxygen atoms in total. The van der Waals surface area contributed by atoms with Gasteiger partial charge in [-0.3, -0.25) is 0 Å². The molecule has 68 valence electrons. The number of hydrogen-bond donors (Lipinski definition) is 0. The summed E-state index contributed by atoms with van der Waals surface area (Å²) in [5.41, 5.74) is 2.88. The first-order chi connectivity index (χ1) is 6.29. The topological polar surface area (TPSA) is 0 Å². The molecule has 0 aliphatic heterocycles. The summed E-state index contributed by atoms with van der Waals surface area (Å²) in [6.45, 7) is 0. The van der Waals surface area contributed by atoms with E-state index in [4.69, 9.17) is 23.2 Å². The molecule has 1 saturated carbocycles. The Balaban J connectivity index is 2.05. The summed E-state index contributed by atoms with van der Waals surface area (Å²) in [6.07, 6.45) is 1.12. The molecule has 13 heavy (non-hydrogen) atoms. The molecule has 0 spiro atoms. The number of rotatable bonds is 0. The van der Waals surface area contributed by atoms with Crippen LogP contribution in [0.5, 0.6) is 0 Å². The summed E-state index contributed by atoms with van der Waals surface area (Å²) in [7, 11) is 0. The van der Waals surface area contributed by atoms with Gasteiger partial charge >= 0.3 is 0 Å². The third kappa shape index (κ3) is 0.936. The summed E-state index contributed by atoms with van der Waals surface area (Å²) in [6, 6.07) is 8.57. The van der Waals surface area contributed by atoms with Crippen LogP contribution in [0.25, 0.3) is 0 Å². The van der Waals surface area contributed by atoms with Crippen LogP contribution >= 0.6 is 23.2 Å². The van der Waals surface area contributed by atoms with E-state index >= 15 is 0 Å². The van der Waals surface area contributed by atoms with Crippen molar-refractivity contribution in [1.29, 1.82) is 0 Å². The first kappa shape index (κ1) is 8.14. The van der Waals surface area contributed by atoms with E-state index in [-0.39, 0.29) is 10.8 Å². The molecular weight excluding hydrogens is 203 g/mol. The van der Waals surface area contributed by atoms with Gasteiger partial charge in [0, 0.05) is 5.92 Å². The lowest BCUT2D eigenvalue weighted by Crippen LogP contribution is -2.45. The highest BCUT2D eigenvalue weighted by Gasteiger charge is 2.53. The van der Waals surface area contributed by atoms with Crippen LogP contribution in [-0.2, 0) is 6.42 Å². The van der Waals surface area contributed by atoms with Gasteiger partial charge in [-0.15, -0.1) is 23.2 Å². The monoisotopic (exact) mass is 212 g/mol. The third-order valence-corrected chi connectivity index (χ3v) is 4.65. The lowest BCUT2D eigenvalue weighted by atomic mass is 9.73. The first-order valence-corrected chi connectivity index (χ1v) is 5.52. The molecule has 1 aromatic rings. The van der Waals surface area contributed by atoms with Gasteiger partial charge in [-0.05, 0) is 23.5 Å². The molecule has 0 N–H and O–H groups in total. The van der Waals surface area contributed by atoms with Gasteiger partial charge in [-0.1, -0.05) is 24.3 Å². The van der Waals surface area contributed by atoms with Gasteiger partial charge in [0.1, 0.15) is 0 Å². The van der Waals surface area contributed by atoms with E-state index in [2.05, 4.69) is 24.3 Å². The minimum Gasteiger partial charge on any atom is -0.121 e. The third-order valence-electron chi connectivity index (χ3n) is 3.39. The zero-order chi connectivity index (χ0) is 9.00. The Morgan fingerprint density at radius 3 is 2.69 bits per heavy atom. The summed E-state index contributed by atoms with van der Waals surface area (Å²) >= 11 is 12.4. The Labute approximate surface area is 87.9 Å². The van der Waals surface area contributed by atoms with E-state index in [9.17, 15) is 0 Å². The Bertz CT molecular complexity index is 348. The van der Waals surface area contributed by atoms with Crippen molar-refractivity contribution in [3.05, 3.63) is 35.4 Å². The van der Waals surface area contributed by atoms with Crippen LogP contribution in [0.1, 0.15) is 17.0 Å². The minimum atomic E-state index is 0.148. The van der Waals surface area contributed by atoms with Crippen molar-refractivity contribution in [2.45, 2.75) is 23.1 Å². The molecule has 0 saturated heterocycles. The van der Waals surface area contributed by atoms with E-state index in [1.807, 2.05) is 0 Å². The van der Waals surface area contributed by atoms with Crippen LogP contribution in [0.15, 0.2) is 24.3 Å². The number of halogens is 2. The lowest BCUT2D eigenvalue weighted by Gasteiger charge is -2.42. The van der Waals surface area contributed by atoms with E-state index in [1.54, 1.807) is 0 Å². The van der Waals surface area contributed by atoms with E-state index in [0.29, 0.717) is 11.8 Å². The highest BCUT2D eigenvalue weighted by Crippen LogP contribution is 2.55. The molecule has 2 heteroatoms. The van der Waals surface area contributed by atoms with Crippen LogP contribution in [0, 0.1) is 5.92 Å². The second kappa shape index (κ2) is 2.65. The fraction of sp³-hybridized carbons (Fsp3) is 0.455. The van der Waals surface area contributed by atoms with Crippen molar-refractivity contribution in [1.82, 2.24) is 0 Å². The van der Waals surface area contributed by atoms with Gasteiger partial charge in [0.05, 0.1) is 10.8 Å². The Morgan fingerprint density at radius 1 is 1.08 bits per heavy atom. The molecule has 2 aliphatic rings. The quantitative estimate of drug-likeness (QED) is 0.580. The fourth-order valence-corrected chi connectivity index (χ4v) is 3.58. The van der Waals surface area contributed by atoms with Crippen LogP contribution in [0.3, 0.4) is 0 Å². The number of hydrogen-bond acceptors (Lipinski definition) is 0. The summed E-state index contributed by atoms with van der Waals surface area (Å²) < 4.78 is 0. The predicted octanol–water partition coefficient (Wildman–Crippen LogP) is 3.17. The van der Waals surface area contributed by atoms with E-state index in [1.165, 1.54) is 11.1 Å². The molecular formula is C11H10Cl2. The zero-order valence-corrected chi connectivity index (χ0v) is 8.59. The highest BCUT2D eigenvalue weighted by molar-refractivity contribution is 6.32. The lowest BCUT2D eigenvalue weighted by molar-refractivity contribution is 0.298. The number of fused-ring (bicyclic) bond motifs is 3. The van der Waals surface area contributed by atoms with Gasteiger partial charge in [0.15, 0.2) is 0 Å². The number of alkyl halides is 2. The van der Waals surface area contributed by atoms with Crippen molar-refractivity contribution in [2.75, 3.05) is 0 Å². The molecule has 3 rings (SSSR count). The molecule has 1 fully saturated rings. The van der Waals surface area contributed by atoms with E-state index < -0.39 is 0 Å². The molecule has 0 aromatic heterocycles. The van der Waals surface area contributed by atoms with Crippen molar-refractivity contribution < 1.29 is 0 Å². The summed E-state index contributed by atoms with van der Waals surface area (Å²) in [4.78, 5) is 0. The summed E-state index contributed by atoms with van der Waals surface area (Å²) in [5.74, 6) is 1.13. The minimum absolute atomic E-state index is 0.148. The van der Waals surface area contributed by atoms with Crippen LogP contribution in [0.2, 0.25) is 0 Å². The predicted molar refractivity (Wildman–Crippen MR) is 55.7 cm³/mol. The van der Waals surface area contributed by atoms with Gasteiger partial charge in [-0.25, -0.2) is 0 Å². The Morgan fingerprint density at radius 2 is 1.85 bits per heavy atom. The highest BCUT2D eigenvalue weighted by atomic mass is 35.5. The zero-order valence-electron chi connectivity index (χ0n) is 7.08.